The molecule has 0 atom stereocenters. The Balaban J connectivity index is 1.33. The third kappa shape index (κ3) is 5.21. The zero-order chi connectivity index (χ0) is 21.8. The van der Waals surface area contributed by atoms with Crippen molar-refractivity contribution < 1.29 is 9.32 Å². The summed E-state index contributed by atoms with van der Waals surface area (Å²) >= 11 is 1.41. The number of aromatic nitrogens is 4. The molecule has 0 bridgehead atoms. The van der Waals surface area contributed by atoms with E-state index in [0.29, 0.717) is 23.3 Å². The summed E-state index contributed by atoms with van der Waals surface area (Å²) in [5.41, 5.74) is 4.07. The number of nitrogens with zero attached hydrogens (tertiary/aromatic N) is 4. The van der Waals surface area contributed by atoms with Gasteiger partial charge in [-0.15, -0.1) is 11.3 Å². The molecule has 0 unspecified atom stereocenters. The van der Waals surface area contributed by atoms with E-state index in [1.54, 1.807) is 24.5 Å². The van der Waals surface area contributed by atoms with Crippen molar-refractivity contribution in [2.24, 2.45) is 0 Å². The van der Waals surface area contributed by atoms with Gasteiger partial charge in [0.25, 0.3) is 0 Å². The fraction of sp³-hybridized carbons (Fsp3) is 0.261. The highest BCUT2D eigenvalue weighted by Gasteiger charge is 2.15. The predicted molar refractivity (Wildman–Crippen MR) is 121 cm³/mol. The van der Waals surface area contributed by atoms with Crippen LogP contribution in [0.2, 0.25) is 0 Å². The van der Waals surface area contributed by atoms with E-state index in [1.807, 2.05) is 5.38 Å². The van der Waals surface area contributed by atoms with Crippen molar-refractivity contribution in [1.82, 2.24) is 20.1 Å². The van der Waals surface area contributed by atoms with Gasteiger partial charge in [-0.25, -0.2) is 4.98 Å². The lowest BCUT2D eigenvalue weighted by Gasteiger charge is -2.18. The molecule has 0 saturated carbocycles. The van der Waals surface area contributed by atoms with Crippen molar-refractivity contribution in [1.29, 1.82) is 0 Å². The Labute approximate surface area is 184 Å². The molecule has 4 rings (SSSR count). The Bertz CT molecular complexity index is 1160. The Kier molecular flexibility index (Phi) is 5.90. The van der Waals surface area contributed by atoms with Gasteiger partial charge >= 0.3 is 0 Å². The van der Waals surface area contributed by atoms with E-state index in [4.69, 9.17) is 4.52 Å². The Hall–Kier alpha value is -3.39. The number of carbonyl (C=O) groups is 1. The third-order valence-electron chi connectivity index (χ3n) is 4.77. The molecule has 1 amide bonds. The van der Waals surface area contributed by atoms with Crippen LogP contribution in [0, 0.1) is 0 Å². The molecule has 1 aromatic carbocycles. The molecule has 0 radical (unpaired) electrons. The van der Waals surface area contributed by atoms with Gasteiger partial charge in [-0.2, -0.15) is 4.98 Å². The van der Waals surface area contributed by atoms with E-state index < -0.39 is 0 Å². The van der Waals surface area contributed by atoms with Crippen molar-refractivity contribution in [2.75, 3.05) is 5.32 Å². The number of hydrogen-bond donors (Lipinski definition) is 1. The summed E-state index contributed by atoms with van der Waals surface area (Å²) in [4.78, 5) is 25.2. The second-order valence-electron chi connectivity index (χ2n) is 8.16. The van der Waals surface area contributed by atoms with Crippen molar-refractivity contribution in [3.63, 3.8) is 0 Å². The molecule has 0 aliphatic rings. The molecule has 0 spiro atoms. The molecular weight excluding hydrogens is 410 g/mol. The van der Waals surface area contributed by atoms with Crippen LogP contribution in [-0.4, -0.2) is 26.0 Å². The highest BCUT2D eigenvalue weighted by atomic mass is 32.1. The van der Waals surface area contributed by atoms with Crippen LogP contribution in [0.5, 0.6) is 0 Å². The van der Waals surface area contributed by atoms with Crippen LogP contribution in [0.15, 0.2) is 58.7 Å². The Morgan fingerprint density at radius 1 is 1.03 bits per heavy atom. The van der Waals surface area contributed by atoms with Crippen molar-refractivity contribution in [3.8, 4) is 22.6 Å². The number of amides is 1. The van der Waals surface area contributed by atoms with Crippen LogP contribution in [0.3, 0.4) is 0 Å². The number of thiazole rings is 1. The van der Waals surface area contributed by atoms with Crippen LogP contribution in [0.4, 0.5) is 5.13 Å². The van der Waals surface area contributed by atoms with Gasteiger partial charge in [0.15, 0.2) is 5.13 Å². The van der Waals surface area contributed by atoms with Crippen LogP contribution >= 0.6 is 11.3 Å². The van der Waals surface area contributed by atoms with E-state index in [0.717, 1.165) is 16.8 Å². The minimum atomic E-state index is -0.146. The molecule has 158 valence electrons. The zero-order valence-corrected chi connectivity index (χ0v) is 18.4. The molecule has 0 aliphatic carbocycles. The SMILES string of the molecule is CC(C)(C)c1ccc(-c2csc(NC(=O)CCc3nc(-c4ccncc4)no3)n2)cc1. The van der Waals surface area contributed by atoms with Crippen LogP contribution in [0.1, 0.15) is 38.6 Å². The maximum Gasteiger partial charge on any atom is 0.227 e. The summed E-state index contributed by atoms with van der Waals surface area (Å²) in [6.07, 6.45) is 3.92. The number of rotatable bonds is 6. The van der Waals surface area contributed by atoms with Crippen LogP contribution in [-0.2, 0) is 16.6 Å². The average Bonchev–Trinajstić information content (AvgIpc) is 3.42. The molecule has 7 nitrogen and oxygen atoms in total. The molecular formula is C23H23N5O2S. The lowest BCUT2D eigenvalue weighted by atomic mass is 9.86. The molecule has 1 N–H and O–H groups in total. The predicted octanol–water partition coefficient (Wildman–Crippen LogP) is 5.12. The maximum atomic E-state index is 12.3. The van der Waals surface area contributed by atoms with Gasteiger partial charge in [-0.1, -0.05) is 50.2 Å². The third-order valence-corrected chi connectivity index (χ3v) is 5.53. The lowest BCUT2D eigenvalue weighted by Crippen LogP contribution is -2.12. The monoisotopic (exact) mass is 433 g/mol. The van der Waals surface area contributed by atoms with Crippen molar-refractivity contribution in [3.05, 3.63) is 65.6 Å². The largest absolute Gasteiger partial charge is 0.339 e. The second kappa shape index (κ2) is 8.77. The minimum Gasteiger partial charge on any atom is -0.339 e. The van der Waals surface area contributed by atoms with Gasteiger partial charge in [0, 0.05) is 41.7 Å². The average molecular weight is 434 g/mol. The molecule has 3 heterocycles. The molecule has 31 heavy (non-hydrogen) atoms. The molecule has 4 aromatic rings. The number of benzene rings is 1. The van der Waals surface area contributed by atoms with Crippen LogP contribution in [0.25, 0.3) is 22.6 Å². The minimum absolute atomic E-state index is 0.108. The molecule has 3 aromatic heterocycles. The topological polar surface area (TPSA) is 93.8 Å². The van der Waals surface area contributed by atoms with E-state index in [2.05, 4.69) is 70.5 Å². The van der Waals surface area contributed by atoms with E-state index in [9.17, 15) is 4.79 Å². The van der Waals surface area contributed by atoms with Crippen LogP contribution < -0.4 is 5.32 Å². The Morgan fingerprint density at radius 2 is 1.77 bits per heavy atom. The first-order valence-corrected chi connectivity index (χ1v) is 10.9. The molecule has 8 heteroatoms. The quantitative estimate of drug-likeness (QED) is 0.453. The number of aryl methyl sites for hydroxylation is 1. The number of nitrogens with one attached hydrogen (secondary N) is 1. The first-order chi connectivity index (χ1) is 14.9. The number of pyridine rings is 1. The summed E-state index contributed by atoms with van der Waals surface area (Å²) in [7, 11) is 0. The lowest BCUT2D eigenvalue weighted by molar-refractivity contribution is -0.116. The van der Waals surface area contributed by atoms with E-state index in [-0.39, 0.29) is 17.7 Å². The van der Waals surface area contributed by atoms with Gasteiger partial charge < -0.3 is 9.84 Å². The van der Waals surface area contributed by atoms with Gasteiger partial charge in [0.2, 0.25) is 17.6 Å². The van der Waals surface area contributed by atoms with E-state index in [1.165, 1.54) is 16.9 Å². The first kappa shape index (κ1) is 20.9. The highest BCUT2D eigenvalue weighted by Crippen LogP contribution is 2.28. The van der Waals surface area contributed by atoms with Gasteiger partial charge in [-0.05, 0) is 23.1 Å². The summed E-state index contributed by atoms with van der Waals surface area (Å²) in [6.45, 7) is 6.56. The maximum absolute atomic E-state index is 12.3. The second-order valence-corrected chi connectivity index (χ2v) is 9.02. The number of anilines is 1. The summed E-state index contributed by atoms with van der Waals surface area (Å²) < 4.78 is 5.24. The number of hydrogen-bond acceptors (Lipinski definition) is 7. The van der Waals surface area contributed by atoms with Crippen molar-refractivity contribution in [2.45, 2.75) is 39.0 Å². The summed E-state index contributed by atoms with van der Waals surface area (Å²) in [5.74, 6) is 0.758. The highest BCUT2D eigenvalue weighted by molar-refractivity contribution is 7.14. The smallest absolute Gasteiger partial charge is 0.227 e. The fourth-order valence-electron chi connectivity index (χ4n) is 2.98. The van der Waals surface area contributed by atoms with Gasteiger partial charge in [0.05, 0.1) is 5.69 Å². The number of carbonyl (C=O) groups excluding carboxylic acids is 1. The fourth-order valence-corrected chi connectivity index (χ4v) is 3.72. The zero-order valence-electron chi connectivity index (χ0n) is 17.6. The standard InChI is InChI=1S/C23H23N5O2S/c1-23(2,3)17-6-4-15(5-7-17)18-14-31-22(25-18)26-19(29)8-9-20-27-21(28-30-20)16-10-12-24-13-11-16/h4-7,10-14H,8-9H2,1-3H3,(H,25,26,29). The Morgan fingerprint density at radius 3 is 2.48 bits per heavy atom. The summed E-state index contributed by atoms with van der Waals surface area (Å²) in [5, 5.41) is 9.31. The van der Waals surface area contributed by atoms with E-state index >= 15 is 0 Å². The molecule has 0 fully saturated rings. The summed E-state index contributed by atoms with van der Waals surface area (Å²) in [6, 6.07) is 12.0. The van der Waals surface area contributed by atoms with Gasteiger partial charge in [0.1, 0.15) is 0 Å². The first-order valence-electron chi connectivity index (χ1n) is 9.98. The van der Waals surface area contributed by atoms with Crippen molar-refractivity contribution >= 4 is 22.4 Å². The normalized spacial score (nSPS) is 11.5. The molecule has 0 saturated heterocycles. The van der Waals surface area contributed by atoms with Gasteiger partial charge in [-0.3, -0.25) is 9.78 Å². The molecule has 0 aliphatic heterocycles.